The summed E-state index contributed by atoms with van der Waals surface area (Å²) < 4.78 is 18.8. The van der Waals surface area contributed by atoms with Crippen molar-refractivity contribution in [2.45, 2.75) is 64.2 Å². The largest absolute Gasteiger partial charge is 0.493 e. The lowest BCUT2D eigenvalue weighted by atomic mass is 9.93. The van der Waals surface area contributed by atoms with Gasteiger partial charge in [-0.1, -0.05) is 34.1 Å². The summed E-state index contributed by atoms with van der Waals surface area (Å²) in [6.45, 7) is 7.53. The van der Waals surface area contributed by atoms with Crippen molar-refractivity contribution in [2.24, 2.45) is 0 Å². The molecular weight excluding hydrogens is 422 g/mol. The molecule has 0 aliphatic carbocycles. The standard InChI is InChI=1S/C22H30BrNO4/c1-22(2,3)28-21(25)24-11-10-17-15-19(24)18-9-8-16(23)14-20(18)27-13-7-5-4-6-12-26-17/h4,6,8-9,14,17,19H,5,7,10-13,15H2,1-3H3/b6-4-/t17-,19-/m0/s1. The van der Waals surface area contributed by atoms with E-state index in [1.54, 1.807) is 0 Å². The van der Waals surface area contributed by atoms with Crippen molar-refractivity contribution >= 4 is 22.0 Å². The molecule has 0 aromatic heterocycles. The summed E-state index contributed by atoms with van der Waals surface area (Å²) in [6.07, 6.45) is 7.48. The molecule has 28 heavy (non-hydrogen) atoms. The van der Waals surface area contributed by atoms with Crippen LogP contribution in [0.4, 0.5) is 4.79 Å². The molecule has 2 bridgehead atoms. The molecule has 2 heterocycles. The Bertz CT molecular complexity index is 713. The lowest BCUT2D eigenvalue weighted by Crippen LogP contribution is -2.45. The molecule has 0 N–H and O–H groups in total. The van der Waals surface area contributed by atoms with Gasteiger partial charge in [0, 0.05) is 16.6 Å². The van der Waals surface area contributed by atoms with Crippen LogP contribution in [0.1, 0.15) is 58.1 Å². The topological polar surface area (TPSA) is 48.0 Å². The van der Waals surface area contributed by atoms with Crippen molar-refractivity contribution in [2.75, 3.05) is 19.8 Å². The number of piperidine rings is 1. The Kier molecular flexibility index (Phi) is 7.05. The molecule has 5 nitrogen and oxygen atoms in total. The van der Waals surface area contributed by atoms with Crippen molar-refractivity contribution in [3.05, 3.63) is 40.4 Å². The van der Waals surface area contributed by atoms with Gasteiger partial charge < -0.3 is 19.1 Å². The molecular formula is C22H30BrNO4. The number of hydrogen-bond donors (Lipinski definition) is 0. The first-order valence-electron chi connectivity index (χ1n) is 10.0. The van der Waals surface area contributed by atoms with E-state index < -0.39 is 5.60 Å². The van der Waals surface area contributed by atoms with E-state index in [0.29, 0.717) is 19.8 Å². The minimum absolute atomic E-state index is 0.102. The van der Waals surface area contributed by atoms with Crippen LogP contribution < -0.4 is 4.74 Å². The maximum Gasteiger partial charge on any atom is 0.410 e. The van der Waals surface area contributed by atoms with E-state index >= 15 is 0 Å². The predicted octanol–water partition coefficient (Wildman–Crippen LogP) is 5.64. The molecule has 0 saturated carbocycles. The van der Waals surface area contributed by atoms with Gasteiger partial charge in [-0.15, -0.1) is 0 Å². The number of nitrogens with zero attached hydrogens (tertiary/aromatic N) is 1. The zero-order valence-electron chi connectivity index (χ0n) is 16.9. The SMILES string of the molecule is CC(C)(C)OC(=O)N1CC[C@H]2C[C@H]1c1ccc(Br)cc1OCCC/C=C\CO2. The lowest BCUT2D eigenvalue weighted by Gasteiger charge is -2.40. The smallest absolute Gasteiger partial charge is 0.410 e. The van der Waals surface area contributed by atoms with Gasteiger partial charge in [-0.05, 0) is 58.6 Å². The number of rotatable bonds is 0. The summed E-state index contributed by atoms with van der Waals surface area (Å²) in [5.41, 5.74) is 0.479. The second kappa shape index (κ2) is 9.31. The van der Waals surface area contributed by atoms with Gasteiger partial charge in [-0.25, -0.2) is 4.79 Å². The fourth-order valence-electron chi connectivity index (χ4n) is 3.59. The Hall–Kier alpha value is -1.53. The fraction of sp³-hybridized carbons (Fsp3) is 0.591. The van der Waals surface area contributed by atoms with Gasteiger partial charge in [0.25, 0.3) is 0 Å². The molecule has 1 amide bonds. The molecule has 1 fully saturated rings. The highest BCUT2D eigenvalue weighted by Crippen LogP contribution is 2.39. The Labute approximate surface area is 176 Å². The zero-order chi connectivity index (χ0) is 20.1. The van der Waals surface area contributed by atoms with Crippen LogP contribution in [0.15, 0.2) is 34.8 Å². The average Bonchev–Trinajstić information content (AvgIpc) is 2.63. The van der Waals surface area contributed by atoms with E-state index in [9.17, 15) is 4.79 Å². The molecule has 0 unspecified atom stereocenters. The third-order valence-electron chi connectivity index (χ3n) is 4.88. The molecule has 1 aromatic carbocycles. The maximum absolute atomic E-state index is 12.9. The van der Waals surface area contributed by atoms with Gasteiger partial charge in [-0.2, -0.15) is 0 Å². The van der Waals surface area contributed by atoms with Crippen LogP contribution in [0.5, 0.6) is 5.75 Å². The molecule has 1 saturated heterocycles. The second-order valence-corrected chi connectivity index (χ2v) is 9.23. The number of amides is 1. The van der Waals surface area contributed by atoms with E-state index in [2.05, 4.69) is 28.1 Å². The third kappa shape index (κ3) is 5.74. The van der Waals surface area contributed by atoms with E-state index in [1.165, 1.54) is 0 Å². The van der Waals surface area contributed by atoms with Crippen LogP contribution in [0.25, 0.3) is 0 Å². The highest BCUT2D eigenvalue weighted by atomic mass is 79.9. The molecule has 2 atom stereocenters. The fourth-order valence-corrected chi connectivity index (χ4v) is 3.93. The number of carbonyl (C=O) groups excluding carboxylic acids is 1. The number of ether oxygens (including phenoxy) is 3. The van der Waals surface area contributed by atoms with E-state index in [-0.39, 0.29) is 18.2 Å². The average molecular weight is 452 g/mol. The molecule has 154 valence electrons. The Morgan fingerprint density at radius 2 is 2.11 bits per heavy atom. The van der Waals surface area contributed by atoms with Crippen LogP contribution in [0.3, 0.4) is 0 Å². The van der Waals surface area contributed by atoms with E-state index in [4.69, 9.17) is 14.2 Å². The van der Waals surface area contributed by atoms with Crippen LogP contribution in [-0.2, 0) is 9.47 Å². The summed E-state index contributed by atoms with van der Waals surface area (Å²) in [5, 5.41) is 0. The maximum atomic E-state index is 12.9. The normalized spacial score (nSPS) is 24.6. The summed E-state index contributed by atoms with van der Waals surface area (Å²) in [7, 11) is 0. The Balaban J connectivity index is 1.93. The lowest BCUT2D eigenvalue weighted by molar-refractivity contribution is -0.0257. The van der Waals surface area contributed by atoms with Crippen LogP contribution in [0.2, 0.25) is 0 Å². The predicted molar refractivity (Wildman–Crippen MR) is 113 cm³/mol. The number of hydrogen-bond acceptors (Lipinski definition) is 4. The highest BCUT2D eigenvalue weighted by molar-refractivity contribution is 9.10. The van der Waals surface area contributed by atoms with Gasteiger partial charge >= 0.3 is 6.09 Å². The zero-order valence-corrected chi connectivity index (χ0v) is 18.5. The highest BCUT2D eigenvalue weighted by Gasteiger charge is 2.37. The van der Waals surface area contributed by atoms with Gasteiger partial charge in [0.1, 0.15) is 11.4 Å². The van der Waals surface area contributed by atoms with Crippen molar-refractivity contribution < 1.29 is 19.0 Å². The van der Waals surface area contributed by atoms with Gasteiger partial charge in [-0.3, -0.25) is 0 Å². The van der Waals surface area contributed by atoms with E-state index in [0.717, 1.165) is 41.5 Å². The molecule has 3 rings (SSSR count). The van der Waals surface area contributed by atoms with Crippen LogP contribution in [-0.4, -0.2) is 42.5 Å². The van der Waals surface area contributed by atoms with Crippen LogP contribution in [0, 0.1) is 0 Å². The number of likely N-dealkylation sites (tertiary alicyclic amines) is 1. The number of halogens is 1. The van der Waals surface area contributed by atoms with Crippen LogP contribution >= 0.6 is 15.9 Å². The molecule has 2 aliphatic rings. The minimum atomic E-state index is -0.530. The molecule has 1 aromatic rings. The molecule has 0 radical (unpaired) electrons. The first-order chi connectivity index (χ1) is 13.3. The third-order valence-corrected chi connectivity index (χ3v) is 5.38. The number of carbonyl (C=O) groups is 1. The summed E-state index contributed by atoms with van der Waals surface area (Å²) in [5.74, 6) is 0.816. The summed E-state index contributed by atoms with van der Waals surface area (Å²) >= 11 is 3.54. The molecule has 2 aliphatic heterocycles. The van der Waals surface area contributed by atoms with Crippen molar-refractivity contribution in [3.8, 4) is 5.75 Å². The number of allylic oxidation sites excluding steroid dienone is 1. The first-order valence-corrected chi connectivity index (χ1v) is 10.8. The van der Waals surface area contributed by atoms with Crippen molar-refractivity contribution in [1.82, 2.24) is 4.90 Å². The summed E-state index contributed by atoms with van der Waals surface area (Å²) in [6, 6.07) is 5.89. The second-order valence-electron chi connectivity index (χ2n) is 8.31. The minimum Gasteiger partial charge on any atom is -0.493 e. The number of benzene rings is 1. The summed E-state index contributed by atoms with van der Waals surface area (Å²) in [4.78, 5) is 14.8. The van der Waals surface area contributed by atoms with E-state index in [1.807, 2.05) is 43.9 Å². The molecule has 0 spiro atoms. The van der Waals surface area contributed by atoms with Gasteiger partial charge in [0.05, 0.1) is 25.4 Å². The monoisotopic (exact) mass is 451 g/mol. The first kappa shape index (κ1) is 21.2. The van der Waals surface area contributed by atoms with Crippen molar-refractivity contribution in [3.63, 3.8) is 0 Å². The molecule has 6 heteroatoms. The quantitative estimate of drug-likeness (QED) is 0.479. The number of fused-ring (bicyclic) bond motifs is 4. The van der Waals surface area contributed by atoms with Gasteiger partial charge in [0.15, 0.2) is 0 Å². The Morgan fingerprint density at radius 1 is 1.29 bits per heavy atom. The van der Waals surface area contributed by atoms with Crippen molar-refractivity contribution in [1.29, 1.82) is 0 Å². The van der Waals surface area contributed by atoms with Gasteiger partial charge in [0.2, 0.25) is 0 Å². The Morgan fingerprint density at radius 3 is 2.89 bits per heavy atom.